The van der Waals surface area contributed by atoms with Gasteiger partial charge >= 0.3 is 12.1 Å². The number of anilines is 1. The minimum Gasteiger partial charge on any atom is -0.481 e. The molecule has 0 atom stereocenters. The third-order valence-electron chi connectivity index (χ3n) is 4.62. The monoisotopic (exact) mass is 334 g/mol. The molecule has 3 rings (SSSR count). The molecule has 0 radical (unpaired) electrons. The lowest BCUT2D eigenvalue weighted by Crippen LogP contribution is -2.39. The van der Waals surface area contributed by atoms with Crippen LogP contribution < -0.4 is 4.90 Å². The molecule has 3 heterocycles. The number of aliphatic carboxylic acids is 1. The Hall–Kier alpha value is -2.38. The predicted octanol–water partition coefficient (Wildman–Crippen LogP) is 1.29. The van der Waals surface area contributed by atoms with Gasteiger partial charge in [0.2, 0.25) is 0 Å². The summed E-state index contributed by atoms with van der Waals surface area (Å²) in [5, 5.41) is 17.7. The summed E-state index contributed by atoms with van der Waals surface area (Å²) in [6.45, 7) is 4.53. The normalized spacial score (nSPS) is 18.2. The van der Waals surface area contributed by atoms with E-state index >= 15 is 0 Å². The summed E-state index contributed by atoms with van der Waals surface area (Å²) in [6, 6.07) is 1.97. The molecule has 1 N–H and O–H groups in total. The summed E-state index contributed by atoms with van der Waals surface area (Å²) >= 11 is 0. The Morgan fingerprint density at radius 3 is 2.71 bits per heavy atom. The van der Waals surface area contributed by atoms with Gasteiger partial charge < -0.3 is 19.6 Å². The number of carbonyl (C=O) groups is 2. The van der Waals surface area contributed by atoms with Crippen LogP contribution in [0.25, 0.3) is 0 Å². The first-order valence-corrected chi connectivity index (χ1v) is 8.33. The third kappa shape index (κ3) is 3.42. The van der Waals surface area contributed by atoms with Crippen molar-refractivity contribution < 1.29 is 19.4 Å². The molecule has 8 heteroatoms. The summed E-state index contributed by atoms with van der Waals surface area (Å²) in [7, 11) is 0. The quantitative estimate of drug-likeness (QED) is 0.890. The lowest BCUT2D eigenvalue weighted by molar-refractivity contribution is -0.142. The highest BCUT2D eigenvalue weighted by atomic mass is 16.6. The molecule has 1 fully saturated rings. The van der Waals surface area contributed by atoms with E-state index in [9.17, 15) is 9.59 Å². The maximum atomic E-state index is 11.9. The SMILES string of the molecule is CCOC(=O)N1CCc2nnc(N3CCC(C(=O)O)CC3)cc2C1. The number of ether oxygens (including phenoxy) is 1. The fourth-order valence-electron chi connectivity index (χ4n) is 3.20. The Morgan fingerprint density at radius 1 is 1.29 bits per heavy atom. The third-order valence-corrected chi connectivity index (χ3v) is 4.62. The number of amides is 1. The van der Waals surface area contributed by atoms with Crippen molar-refractivity contribution in [2.45, 2.75) is 32.7 Å². The van der Waals surface area contributed by atoms with Crippen LogP contribution in [0.3, 0.4) is 0 Å². The Bertz CT molecular complexity index is 629. The van der Waals surface area contributed by atoms with Crippen molar-refractivity contribution in [1.29, 1.82) is 0 Å². The summed E-state index contributed by atoms with van der Waals surface area (Å²) in [5.41, 5.74) is 1.90. The van der Waals surface area contributed by atoms with Crippen LogP contribution in [0.5, 0.6) is 0 Å². The second-order valence-electron chi connectivity index (χ2n) is 6.14. The van der Waals surface area contributed by atoms with E-state index in [1.165, 1.54) is 0 Å². The first kappa shape index (κ1) is 16.5. The fourth-order valence-corrected chi connectivity index (χ4v) is 3.20. The van der Waals surface area contributed by atoms with Crippen molar-refractivity contribution in [1.82, 2.24) is 15.1 Å². The van der Waals surface area contributed by atoms with E-state index in [0.29, 0.717) is 52.0 Å². The average Bonchev–Trinajstić information content (AvgIpc) is 2.61. The highest BCUT2D eigenvalue weighted by Crippen LogP contribution is 2.25. The Morgan fingerprint density at radius 2 is 2.04 bits per heavy atom. The number of carboxylic acid groups (broad SMARTS) is 1. The molecular formula is C16H22N4O4. The van der Waals surface area contributed by atoms with E-state index in [0.717, 1.165) is 17.1 Å². The minimum absolute atomic E-state index is 0.272. The second-order valence-corrected chi connectivity index (χ2v) is 6.14. The van der Waals surface area contributed by atoms with Gasteiger partial charge in [-0.1, -0.05) is 0 Å². The van der Waals surface area contributed by atoms with Crippen LogP contribution in [0.2, 0.25) is 0 Å². The number of carbonyl (C=O) groups excluding carboxylic acids is 1. The Labute approximate surface area is 140 Å². The second kappa shape index (κ2) is 7.02. The van der Waals surface area contributed by atoms with Crippen LogP contribution >= 0.6 is 0 Å². The summed E-state index contributed by atoms with van der Waals surface area (Å²) in [5.74, 6) is -0.245. The molecule has 0 unspecified atom stereocenters. The Kier molecular flexibility index (Phi) is 4.82. The average molecular weight is 334 g/mol. The van der Waals surface area contributed by atoms with Gasteiger partial charge in [0, 0.05) is 26.1 Å². The van der Waals surface area contributed by atoms with Gasteiger partial charge in [0.1, 0.15) is 0 Å². The lowest BCUT2D eigenvalue weighted by atomic mass is 9.97. The molecule has 130 valence electrons. The molecule has 1 aromatic heterocycles. The zero-order valence-corrected chi connectivity index (χ0v) is 13.8. The fraction of sp³-hybridized carbons (Fsp3) is 0.625. The number of nitrogens with zero attached hydrogens (tertiary/aromatic N) is 4. The van der Waals surface area contributed by atoms with E-state index < -0.39 is 5.97 Å². The smallest absolute Gasteiger partial charge is 0.410 e. The Balaban J connectivity index is 1.69. The van der Waals surface area contributed by atoms with Crippen molar-refractivity contribution in [3.63, 3.8) is 0 Å². The maximum Gasteiger partial charge on any atom is 0.410 e. The molecule has 2 aliphatic heterocycles. The van der Waals surface area contributed by atoms with E-state index in [-0.39, 0.29) is 12.0 Å². The van der Waals surface area contributed by atoms with Gasteiger partial charge in [-0.05, 0) is 31.4 Å². The van der Waals surface area contributed by atoms with Crippen LogP contribution in [0.1, 0.15) is 31.0 Å². The van der Waals surface area contributed by atoms with Gasteiger partial charge in [0.15, 0.2) is 5.82 Å². The molecule has 24 heavy (non-hydrogen) atoms. The topological polar surface area (TPSA) is 95.9 Å². The van der Waals surface area contributed by atoms with Crippen molar-refractivity contribution in [2.75, 3.05) is 31.1 Å². The van der Waals surface area contributed by atoms with E-state index in [1.54, 1.807) is 11.8 Å². The first-order valence-electron chi connectivity index (χ1n) is 8.33. The highest BCUT2D eigenvalue weighted by Gasteiger charge is 2.27. The van der Waals surface area contributed by atoms with Crippen molar-refractivity contribution >= 4 is 17.9 Å². The zero-order chi connectivity index (χ0) is 17.1. The molecule has 1 aromatic rings. The molecule has 0 bridgehead atoms. The highest BCUT2D eigenvalue weighted by molar-refractivity contribution is 5.70. The molecule has 0 saturated carbocycles. The van der Waals surface area contributed by atoms with Gasteiger partial charge in [-0.3, -0.25) is 4.79 Å². The largest absolute Gasteiger partial charge is 0.481 e. The number of fused-ring (bicyclic) bond motifs is 1. The predicted molar refractivity (Wildman–Crippen MR) is 85.7 cm³/mol. The van der Waals surface area contributed by atoms with Crippen LogP contribution in [0.15, 0.2) is 6.07 Å². The van der Waals surface area contributed by atoms with Crippen LogP contribution in [0.4, 0.5) is 10.6 Å². The van der Waals surface area contributed by atoms with Gasteiger partial charge in [-0.2, -0.15) is 5.10 Å². The molecule has 1 amide bonds. The maximum absolute atomic E-state index is 11.9. The van der Waals surface area contributed by atoms with Gasteiger partial charge in [-0.15, -0.1) is 5.10 Å². The minimum atomic E-state index is -0.726. The molecule has 0 aromatic carbocycles. The lowest BCUT2D eigenvalue weighted by Gasteiger charge is -2.32. The molecular weight excluding hydrogens is 312 g/mol. The number of rotatable bonds is 3. The van der Waals surface area contributed by atoms with E-state index in [2.05, 4.69) is 15.1 Å². The number of carboxylic acids is 1. The molecule has 0 aliphatic carbocycles. The zero-order valence-electron chi connectivity index (χ0n) is 13.8. The number of aromatic nitrogens is 2. The van der Waals surface area contributed by atoms with Gasteiger partial charge in [-0.25, -0.2) is 4.79 Å². The number of piperidine rings is 1. The van der Waals surface area contributed by atoms with E-state index in [4.69, 9.17) is 9.84 Å². The molecule has 0 spiro atoms. The summed E-state index contributed by atoms with van der Waals surface area (Å²) in [6.07, 6.45) is 1.60. The number of hydrogen-bond donors (Lipinski definition) is 1. The standard InChI is InChI=1S/C16H22N4O4/c1-2-24-16(23)20-8-5-13-12(10-20)9-14(18-17-13)19-6-3-11(4-7-19)15(21)22/h9,11H,2-8,10H2,1H3,(H,21,22). The van der Waals surface area contributed by atoms with Gasteiger partial charge in [0.25, 0.3) is 0 Å². The van der Waals surface area contributed by atoms with Crippen molar-refractivity contribution in [3.05, 3.63) is 17.3 Å². The van der Waals surface area contributed by atoms with Crippen molar-refractivity contribution in [2.24, 2.45) is 5.92 Å². The first-order chi connectivity index (χ1) is 11.6. The summed E-state index contributed by atoms with van der Waals surface area (Å²) in [4.78, 5) is 26.7. The number of hydrogen-bond acceptors (Lipinski definition) is 6. The van der Waals surface area contributed by atoms with E-state index in [1.807, 2.05) is 6.07 Å². The molecule has 2 aliphatic rings. The molecule has 8 nitrogen and oxygen atoms in total. The van der Waals surface area contributed by atoms with Crippen LogP contribution in [-0.2, 0) is 22.5 Å². The van der Waals surface area contributed by atoms with Gasteiger partial charge in [0.05, 0.1) is 24.8 Å². The van der Waals surface area contributed by atoms with Crippen LogP contribution in [0, 0.1) is 5.92 Å². The van der Waals surface area contributed by atoms with Crippen LogP contribution in [-0.4, -0.2) is 58.5 Å². The molecule has 1 saturated heterocycles. The summed E-state index contributed by atoms with van der Waals surface area (Å²) < 4.78 is 5.06. The van der Waals surface area contributed by atoms with Crippen molar-refractivity contribution in [3.8, 4) is 0 Å².